The van der Waals surface area contributed by atoms with Crippen molar-refractivity contribution in [3.8, 4) is 11.5 Å². The van der Waals surface area contributed by atoms with Crippen molar-refractivity contribution < 1.29 is 14.3 Å². The second-order valence-corrected chi connectivity index (χ2v) is 3.75. The predicted molar refractivity (Wildman–Crippen MR) is 61.3 cm³/mol. The van der Waals surface area contributed by atoms with Gasteiger partial charge in [-0.1, -0.05) is 6.07 Å². The molecule has 0 saturated carbocycles. The Morgan fingerprint density at radius 1 is 1.18 bits per heavy atom. The molecule has 1 aromatic carbocycles. The van der Waals surface area contributed by atoms with Crippen LogP contribution in [0.25, 0.3) is 10.9 Å². The summed E-state index contributed by atoms with van der Waals surface area (Å²) in [6, 6.07) is 7.00. The molecule has 0 atom stereocenters. The van der Waals surface area contributed by atoms with Gasteiger partial charge in [0.1, 0.15) is 18.9 Å². The summed E-state index contributed by atoms with van der Waals surface area (Å²) in [5.41, 5.74) is 6.10. The van der Waals surface area contributed by atoms with Crippen LogP contribution in [0.15, 0.2) is 24.3 Å². The number of benzene rings is 1. The van der Waals surface area contributed by atoms with Crippen molar-refractivity contribution in [2.45, 2.75) is 0 Å². The fourth-order valence-corrected chi connectivity index (χ4v) is 1.80. The third-order valence-corrected chi connectivity index (χ3v) is 2.61. The molecule has 1 amide bonds. The molecule has 0 saturated heterocycles. The van der Waals surface area contributed by atoms with E-state index in [1.807, 2.05) is 6.07 Å². The molecule has 0 spiro atoms. The molecule has 2 heterocycles. The Morgan fingerprint density at radius 3 is 2.59 bits per heavy atom. The fraction of sp³-hybridized carbons (Fsp3) is 0.167. The lowest BCUT2D eigenvalue weighted by Crippen LogP contribution is -2.15. The van der Waals surface area contributed by atoms with Gasteiger partial charge in [0, 0.05) is 11.5 Å². The Morgan fingerprint density at radius 2 is 1.88 bits per heavy atom. The maximum Gasteiger partial charge on any atom is 0.267 e. The summed E-state index contributed by atoms with van der Waals surface area (Å²) >= 11 is 0. The maximum absolute atomic E-state index is 11.0. The zero-order valence-electron chi connectivity index (χ0n) is 8.97. The van der Waals surface area contributed by atoms with Crippen molar-refractivity contribution in [1.29, 1.82) is 0 Å². The first-order valence-electron chi connectivity index (χ1n) is 5.24. The molecule has 3 rings (SSSR count). The highest BCUT2D eigenvalue weighted by Gasteiger charge is 2.13. The minimum absolute atomic E-state index is 0.245. The van der Waals surface area contributed by atoms with Crippen LogP contribution in [-0.4, -0.2) is 24.1 Å². The quantitative estimate of drug-likeness (QED) is 0.796. The second kappa shape index (κ2) is 3.62. The molecule has 2 N–H and O–H groups in total. The summed E-state index contributed by atoms with van der Waals surface area (Å²) < 4.78 is 10.9. The van der Waals surface area contributed by atoms with Crippen molar-refractivity contribution in [2.75, 3.05) is 13.2 Å². The molecular weight excluding hydrogens is 220 g/mol. The van der Waals surface area contributed by atoms with Gasteiger partial charge in [-0.2, -0.15) is 0 Å². The lowest BCUT2D eigenvalue weighted by molar-refractivity contribution is 0.0996. The summed E-state index contributed by atoms with van der Waals surface area (Å²) in [5.74, 6) is 0.817. The number of primary amides is 1. The Kier molecular flexibility index (Phi) is 2.11. The van der Waals surface area contributed by atoms with Gasteiger partial charge in [0.2, 0.25) is 0 Å². The molecule has 86 valence electrons. The maximum atomic E-state index is 11.0. The van der Waals surface area contributed by atoms with Crippen molar-refractivity contribution in [3.05, 3.63) is 30.0 Å². The van der Waals surface area contributed by atoms with E-state index in [1.54, 1.807) is 18.2 Å². The van der Waals surface area contributed by atoms with Gasteiger partial charge in [0.05, 0.1) is 5.52 Å². The first kappa shape index (κ1) is 9.89. The van der Waals surface area contributed by atoms with Crippen LogP contribution in [0.5, 0.6) is 11.5 Å². The van der Waals surface area contributed by atoms with E-state index < -0.39 is 5.91 Å². The molecule has 1 aliphatic rings. The van der Waals surface area contributed by atoms with Crippen LogP contribution in [0.1, 0.15) is 10.5 Å². The lowest BCUT2D eigenvalue weighted by Gasteiger charge is -2.18. The summed E-state index contributed by atoms with van der Waals surface area (Å²) in [6.07, 6.45) is 0. The summed E-state index contributed by atoms with van der Waals surface area (Å²) in [5, 5.41) is 0.888. The minimum Gasteiger partial charge on any atom is -0.486 e. The number of nitrogens with two attached hydrogens (primary N) is 1. The molecule has 1 aliphatic heterocycles. The van der Waals surface area contributed by atoms with Crippen LogP contribution < -0.4 is 15.2 Å². The number of pyridine rings is 1. The average molecular weight is 230 g/mol. The number of carbonyl (C=O) groups excluding carboxylic acids is 1. The molecule has 0 radical (unpaired) electrons. The van der Waals surface area contributed by atoms with Crippen molar-refractivity contribution >= 4 is 16.8 Å². The molecule has 0 fully saturated rings. The number of ether oxygens (including phenoxy) is 2. The van der Waals surface area contributed by atoms with Crippen molar-refractivity contribution in [3.63, 3.8) is 0 Å². The molecule has 5 nitrogen and oxygen atoms in total. The molecule has 0 unspecified atom stereocenters. The molecule has 1 aromatic heterocycles. The zero-order valence-corrected chi connectivity index (χ0v) is 8.97. The summed E-state index contributed by atoms with van der Waals surface area (Å²) in [7, 11) is 0. The third-order valence-electron chi connectivity index (χ3n) is 2.61. The smallest absolute Gasteiger partial charge is 0.267 e. The van der Waals surface area contributed by atoms with E-state index in [1.165, 1.54) is 0 Å². The van der Waals surface area contributed by atoms with Gasteiger partial charge in [-0.05, 0) is 12.1 Å². The van der Waals surface area contributed by atoms with E-state index in [4.69, 9.17) is 15.2 Å². The Bertz CT molecular complexity index is 610. The first-order chi connectivity index (χ1) is 8.24. The number of hydrogen-bond acceptors (Lipinski definition) is 4. The van der Waals surface area contributed by atoms with Gasteiger partial charge >= 0.3 is 0 Å². The summed E-state index contributed by atoms with van der Waals surface area (Å²) in [6.45, 7) is 1.07. The predicted octanol–water partition coefficient (Wildman–Crippen LogP) is 1.10. The van der Waals surface area contributed by atoms with Crippen molar-refractivity contribution in [2.24, 2.45) is 5.73 Å². The standard InChI is InChI=1S/C12H10N2O3/c13-12(15)8-2-1-7-5-10-11(6-9(7)14-8)17-4-3-16-10/h1-2,5-6H,3-4H2,(H2,13,15). The van der Waals surface area contributed by atoms with Crippen LogP contribution >= 0.6 is 0 Å². The van der Waals surface area contributed by atoms with E-state index in [9.17, 15) is 4.79 Å². The number of aromatic nitrogens is 1. The van der Waals surface area contributed by atoms with E-state index in [0.29, 0.717) is 30.2 Å². The van der Waals surface area contributed by atoms with Crippen molar-refractivity contribution in [1.82, 2.24) is 4.98 Å². The highest BCUT2D eigenvalue weighted by atomic mass is 16.6. The largest absolute Gasteiger partial charge is 0.486 e. The highest BCUT2D eigenvalue weighted by molar-refractivity contribution is 5.94. The zero-order chi connectivity index (χ0) is 11.8. The fourth-order valence-electron chi connectivity index (χ4n) is 1.80. The number of hydrogen-bond donors (Lipinski definition) is 1. The van der Waals surface area contributed by atoms with Gasteiger partial charge in [0.15, 0.2) is 11.5 Å². The number of rotatable bonds is 1. The van der Waals surface area contributed by atoms with E-state index in [0.717, 1.165) is 5.39 Å². The molecule has 2 aromatic rings. The normalized spacial score (nSPS) is 13.6. The average Bonchev–Trinajstić information content (AvgIpc) is 2.35. The Labute approximate surface area is 97.2 Å². The Hall–Kier alpha value is -2.30. The molecule has 0 aliphatic carbocycles. The number of amides is 1. The van der Waals surface area contributed by atoms with Gasteiger partial charge in [-0.3, -0.25) is 4.79 Å². The summed E-state index contributed by atoms with van der Waals surface area (Å²) in [4.78, 5) is 15.2. The van der Waals surface area contributed by atoms with Gasteiger partial charge in [0.25, 0.3) is 5.91 Å². The van der Waals surface area contributed by atoms with E-state index in [2.05, 4.69) is 4.98 Å². The second-order valence-electron chi connectivity index (χ2n) is 3.75. The minimum atomic E-state index is -0.540. The monoisotopic (exact) mass is 230 g/mol. The highest BCUT2D eigenvalue weighted by Crippen LogP contribution is 2.33. The van der Waals surface area contributed by atoms with Crippen LogP contribution in [0.2, 0.25) is 0 Å². The van der Waals surface area contributed by atoms with Crippen LogP contribution in [-0.2, 0) is 0 Å². The SMILES string of the molecule is NC(=O)c1ccc2cc3c(cc2n1)OCCO3. The van der Waals surface area contributed by atoms with Crippen LogP contribution in [0.3, 0.4) is 0 Å². The van der Waals surface area contributed by atoms with Crippen LogP contribution in [0.4, 0.5) is 0 Å². The first-order valence-corrected chi connectivity index (χ1v) is 5.24. The van der Waals surface area contributed by atoms with Crippen LogP contribution in [0, 0.1) is 0 Å². The lowest BCUT2D eigenvalue weighted by atomic mass is 10.1. The van der Waals surface area contributed by atoms with Gasteiger partial charge in [-0.25, -0.2) is 4.98 Å². The number of fused-ring (bicyclic) bond motifs is 2. The molecular formula is C12H10N2O3. The van der Waals surface area contributed by atoms with Gasteiger partial charge < -0.3 is 15.2 Å². The van der Waals surface area contributed by atoms with E-state index in [-0.39, 0.29) is 5.69 Å². The molecule has 17 heavy (non-hydrogen) atoms. The third kappa shape index (κ3) is 1.65. The number of nitrogens with zero attached hydrogens (tertiary/aromatic N) is 1. The molecule has 5 heteroatoms. The topological polar surface area (TPSA) is 74.4 Å². The Balaban J connectivity index is 2.20. The number of carbonyl (C=O) groups is 1. The van der Waals surface area contributed by atoms with Gasteiger partial charge in [-0.15, -0.1) is 0 Å². The molecule has 0 bridgehead atoms. The van der Waals surface area contributed by atoms with E-state index >= 15 is 0 Å².